The molecular weight excluding hydrogens is 338 g/mol. The topological polar surface area (TPSA) is 54.3 Å². The third-order valence-electron chi connectivity index (χ3n) is 5.98. The normalized spacial score (nSPS) is 26.7. The van der Waals surface area contributed by atoms with Crippen molar-refractivity contribution in [1.29, 1.82) is 0 Å². The lowest BCUT2D eigenvalue weighted by molar-refractivity contribution is -0.142. The van der Waals surface area contributed by atoms with Gasteiger partial charge in [0.25, 0.3) is 0 Å². The lowest BCUT2D eigenvalue weighted by atomic mass is 9.75. The van der Waals surface area contributed by atoms with Gasteiger partial charge in [0.1, 0.15) is 5.69 Å². The average Bonchev–Trinajstić information content (AvgIpc) is 3.17. The number of piperidine rings is 3. The Labute approximate surface area is 160 Å². The van der Waals surface area contributed by atoms with Gasteiger partial charge >= 0.3 is 0 Å². The Morgan fingerprint density at radius 2 is 2.19 bits per heavy atom. The number of fused-ring (bicyclic) bond motifs is 3. The van der Waals surface area contributed by atoms with Gasteiger partial charge in [0.15, 0.2) is 0 Å². The predicted molar refractivity (Wildman–Crippen MR) is 105 cm³/mol. The van der Waals surface area contributed by atoms with E-state index in [9.17, 15) is 4.79 Å². The maximum atomic E-state index is 12.7. The molecule has 1 amide bonds. The highest BCUT2D eigenvalue weighted by molar-refractivity contribution is 5.79. The van der Waals surface area contributed by atoms with Crippen molar-refractivity contribution in [2.24, 2.45) is 11.8 Å². The van der Waals surface area contributed by atoms with Crippen molar-refractivity contribution >= 4 is 5.91 Å². The fraction of sp³-hybridized carbons (Fsp3) is 0.476. The standard InChI is InChI=1S/C21H27N5O/c1-3-10-24(2)21(27)19-14-25-11-9-17(19)12-18(25)13-26-15-20(22-23-26)16-7-5-4-6-8-16/h3-8,15,17-19H,1,9-14H2,2H3/t17-,18+,19+/m0/s1. The lowest BCUT2D eigenvalue weighted by Crippen LogP contribution is -2.58. The summed E-state index contributed by atoms with van der Waals surface area (Å²) in [5, 5.41) is 8.66. The van der Waals surface area contributed by atoms with E-state index < -0.39 is 0 Å². The van der Waals surface area contributed by atoms with Crippen LogP contribution in [0.25, 0.3) is 11.3 Å². The minimum absolute atomic E-state index is 0.121. The molecule has 2 aromatic rings. The minimum Gasteiger partial charge on any atom is -0.342 e. The van der Waals surface area contributed by atoms with Crippen LogP contribution in [0.3, 0.4) is 0 Å². The second-order valence-corrected chi connectivity index (χ2v) is 7.74. The Balaban J connectivity index is 1.41. The summed E-state index contributed by atoms with van der Waals surface area (Å²) in [4.78, 5) is 17.0. The summed E-state index contributed by atoms with van der Waals surface area (Å²) in [7, 11) is 1.87. The highest BCUT2D eigenvalue weighted by Gasteiger charge is 2.43. The average molecular weight is 365 g/mol. The molecule has 4 heterocycles. The van der Waals surface area contributed by atoms with Crippen LogP contribution in [0.15, 0.2) is 49.2 Å². The molecule has 142 valence electrons. The van der Waals surface area contributed by atoms with Gasteiger partial charge in [-0.05, 0) is 25.3 Å². The van der Waals surface area contributed by atoms with Crippen LogP contribution in [0, 0.1) is 11.8 Å². The van der Waals surface area contributed by atoms with Gasteiger partial charge in [0.2, 0.25) is 5.91 Å². The van der Waals surface area contributed by atoms with E-state index in [2.05, 4.69) is 33.9 Å². The van der Waals surface area contributed by atoms with Gasteiger partial charge in [-0.25, -0.2) is 0 Å². The molecule has 6 nitrogen and oxygen atoms in total. The van der Waals surface area contributed by atoms with Crippen molar-refractivity contribution < 1.29 is 4.79 Å². The number of nitrogens with zero attached hydrogens (tertiary/aromatic N) is 5. The second kappa shape index (κ2) is 7.64. The second-order valence-electron chi connectivity index (χ2n) is 7.74. The molecule has 1 aromatic heterocycles. The molecule has 1 aromatic carbocycles. The predicted octanol–water partition coefficient (Wildman–Crippen LogP) is 2.30. The van der Waals surface area contributed by atoms with Crippen molar-refractivity contribution in [3.05, 3.63) is 49.2 Å². The smallest absolute Gasteiger partial charge is 0.227 e. The molecule has 3 saturated heterocycles. The van der Waals surface area contributed by atoms with Crippen molar-refractivity contribution in [2.45, 2.75) is 25.4 Å². The van der Waals surface area contributed by atoms with Gasteiger partial charge in [0, 0.05) is 31.7 Å². The van der Waals surface area contributed by atoms with E-state index in [1.165, 1.54) is 0 Å². The molecule has 0 N–H and O–H groups in total. The number of aromatic nitrogens is 3. The quantitative estimate of drug-likeness (QED) is 0.737. The van der Waals surface area contributed by atoms with Gasteiger partial charge < -0.3 is 4.90 Å². The van der Waals surface area contributed by atoms with Crippen LogP contribution in [0.1, 0.15) is 12.8 Å². The fourth-order valence-corrected chi connectivity index (χ4v) is 4.52. The summed E-state index contributed by atoms with van der Waals surface area (Å²) in [6, 6.07) is 10.6. The molecule has 27 heavy (non-hydrogen) atoms. The van der Waals surface area contributed by atoms with Gasteiger partial charge in [-0.1, -0.05) is 41.6 Å². The highest BCUT2D eigenvalue weighted by Crippen LogP contribution is 2.37. The van der Waals surface area contributed by atoms with Crippen LogP contribution < -0.4 is 0 Å². The van der Waals surface area contributed by atoms with Crippen LogP contribution >= 0.6 is 0 Å². The summed E-state index contributed by atoms with van der Waals surface area (Å²) in [5.74, 6) is 0.850. The van der Waals surface area contributed by atoms with E-state index in [1.807, 2.05) is 36.1 Å². The third kappa shape index (κ3) is 3.67. The third-order valence-corrected chi connectivity index (χ3v) is 5.98. The Bertz CT molecular complexity index is 802. The van der Waals surface area contributed by atoms with E-state index in [-0.39, 0.29) is 11.8 Å². The molecule has 5 rings (SSSR count). The van der Waals surface area contributed by atoms with E-state index >= 15 is 0 Å². The zero-order valence-electron chi connectivity index (χ0n) is 15.9. The fourth-order valence-electron chi connectivity index (χ4n) is 4.52. The molecule has 3 fully saturated rings. The first-order chi connectivity index (χ1) is 13.2. The zero-order valence-corrected chi connectivity index (χ0v) is 15.9. The number of hydrogen-bond donors (Lipinski definition) is 0. The number of rotatable bonds is 6. The van der Waals surface area contributed by atoms with Crippen LogP contribution in [-0.2, 0) is 11.3 Å². The molecule has 0 saturated carbocycles. The molecule has 4 atom stereocenters. The zero-order chi connectivity index (χ0) is 18.8. The van der Waals surface area contributed by atoms with E-state index in [1.54, 1.807) is 11.0 Å². The van der Waals surface area contributed by atoms with Crippen LogP contribution in [-0.4, -0.2) is 63.4 Å². The Hall–Kier alpha value is -2.47. The summed E-state index contributed by atoms with van der Waals surface area (Å²) < 4.78 is 1.95. The highest BCUT2D eigenvalue weighted by atomic mass is 16.2. The molecule has 0 radical (unpaired) electrons. The van der Waals surface area contributed by atoms with E-state index in [0.29, 0.717) is 18.5 Å². The van der Waals surface area contributed by atoms with Gasteiger partial charge in [-0.15, -0.1) is 11.7 Å². The van der Waals surface area contributed by atoms with Crippen LogP contribution in [0.5, 0.6) is 0 Å². The molecule has 6 heteroatoms. The Morgan fingerprint density at radius 1 is 1.37 bits per heavy atom. The number of hydrogen-bond acceptors (Lipinski definition) is 4. The summed E-state index contributed by atoms with van der Waals surface area (Å²) in [6.07, 6.45) is 5.98. The molecule has 3 aliphatic heterocycles. The first kappa shape index (κ1) is 17.9. The summed E-state index contributed by atoms with van der Waals surface area (Å²) >= 11 is 0. The monoisotopic (exact) mass is 365 g/mol. The Morgan fingerprint density at radius 3 is 2.89 bits per heavy atom. The molecule has 1 unspecified atom stereocenters. The summed E-state index contributed by atoms with van der Waals surface area (Å²) in [5.41, 5.74) is 2.00. The number of carbonyl (C=O) groups is 1. The van der Waals surface area contributed by atoms with Crippen molar-refractivity contribution in [1.82, 2.24) is 24.8 Å². The van der Waals surface area contributed by atoms with Crippen molar-refractivity contribution in [3.63, 3.8) is 0 Å². The molecule has 0 aliphatic carbocycles. The largest absolute Gasteiger partial charge is 0.342 e. The first-order valence-electron chi connectivity index (χ1n) is 9.71. The maximum Gasteiger partial charge on any atom is 0.227 e. The van der Waals surface area contributed by atoms with Gasteiger partial charge in [0.05, 0.1) is 18.7 Å². The minimum atomic E-state index is 0.121. The van der Waals surface area contributed by atoms with Gasteiger partial charge in [-0.3, -0.25) is 14.4 Å². The molecule has 0 spiro atoms. The number of amides is 1. The number of likely N-dealkylation sites (N-methyl/N-ethyl adjacent to an activating group) is 1. The first-order valence-corrected chi connectivity index (χ1v) is 9.71. The Kier molecular flexibility index (Phi) is 5.07. The van der Waals surface area contributed by atoms with Crippen LogP contribution in [0.2, 0.25) is 0 Å². The van der Waals surface area contributed by atoms with E-state index in [4.69, 9.17) is 0 Å². The van der Waals surface area contributed by atoms with Crippen molar-refractivity contribution in [2.75, 3.05) is 26.7 Å². The maximum absolute atomic E-state index is 12.7. The number of benzene rings is 1. The van der Waals surface area contributed by atoms with Crippen molar-refractivity contribution in [3.8, 4) is 11.3 Å². The van der Waals surface area contributed by atoms with E-state index in [0.717, 1.165) is 43.7 Å². The van der Waals surface area contributed by atoms with Crippen LogP contribution in [0.4, 0.5) is 0 Å². The lowest BCUT2D eigenvalue weighted by Gasteiger charge is -2.49. The van der Waals surface area contributed by atoms with Gasteiger partial charge in [-0.2, -0.15) is 0 Å². The number of carbonyl (C=O) groups excluding carboxylic acids is 1. The molecule has 2 bridgehead atoms. The molecule has 3 aliphatic rings. The SMILES string of the molecule is C=CCN(C)C(=O)[C@@H]1CN2CC[C@H]1C[C@@H]2Cn1cc(-c2ccccc2)nn1. The summed E-state index contributed by atoms with van der Waals surface area (Å²) in [6.45, 7) is 7.12. The molecular formula is C21H27N5O.